The molecular formula is C11H22N2Na4O8. The first kappa shape index (κ1) is 56.3. The number of nitrogens with two attached hydrogens (primary N) is 2. The number of carboxylic acids is 4. The Morgan fingerprint density at radius 3 is 0.640 bits per heavy atom. The molecule has 0 atom stereocenters. The minimum atomic E-state index is -1.08. The van der Waals surface area contributed by atoms with Crippen LogP contribution in [0.2, 0.25) is 0 Å². The van der Waals surface area contributed by atoms with Crippen LogP contribution in [0.25, 0.3) is 0 Å². The van der Waals surface area contributed by atoms with Gasteiger partial charge in [-0.3, -0.25) is 0 Å². The van der Waals surface area contributed by atoms with Crippen LogP contribution in [0.1, 0.15) is 34.1 Å². The molecule has 0 aliphatic heterocycles. The average molecular weight is 402 g/mol. The fourth-order valence-electron chi connectivity index (χ4n) is 0.118. The number of hydrogen-bond donors (Lipinski definition) is 2. The second-order valence-corrected chi connectivity index (χ2v) is 2.90. The van der Waals surface area contributed by atoms with Crippen LogP contribution < -0.4 is 150 Å². The van der Waals surface area contributed by atoms with Crippen molar-refractivity contribution >= 4 is 23.9 Å². The molecule has 0 unspecified atom stereocenters. The molecule has 0 aromatic heterocycles. The Hall–Kier alpha value is 1.80. The Kier molecular flexibility index (Phi) is 127. The first-order chi connectivity index (χ1) is 9.34. The third kappa shape index (κ3) is 1010. The minimum Gasteiger partial charge on any atom is -0.550 e. The van der Waals surface area contributed by atoms with Crippen molar-refractivity contribution in [1.82, 2.24) is 0 Å². The second-order valence-electron chi connectivity index (χ2n) is 2.90. The Bertz CT molecular complexity index is 219. The summed E-state index contributed by atoms with van der Waals surface area (Å²) in [7, 11) is 0. The fraction of sp³-hybridized carbons (Fsp3) is 0.636. The summed E-state index contributed by atoms with van der Waals surface area (Å²) < 4.78 is 0. The van der Waals surface area contributed by atoms with E-state index in [1.165, 1.54) is 0 Å². The summed E-state index contributed by atoms with van der Waals surface area (Å²) in [5, 5.41) is 35.6. The summed E-state index contributed by atoms with van der Waals surface area (Å²) >= 11 is 0. The van der Waals surface area contributed by atoms with Crippen molar-refractivity contribution in [3.05, 3.63) is 0 Å². The number of aliphatic carboxylic acids is 4. The molecule has 0 fully saturated rings. The van der Waals surface area contributed by atoms with Gasteiger partial charge in [-0.05, 0) is 47.2 Å². The second kappa shape index (κ2) is 56.2. The number of rotatable bonds is 2. The Labute approximate surface area is 237 Å². The summed E-state index contributed by atoms with van der Waals surface area (Å²) in [4.78, 5) is 35.6. The first-order valence-corrected chi connectivity index (χ1v) is 5.45. The molecule has 0 saturated carbocycles. The standard InChI is InChI=1S/C3H10N2.4C2H4O2.4Na/c4-2-1-3-5;4*1-2(3)4;;;;/h1-5H2;4*1H3,(H,3,4);;;;/q;;;;;4*+1/p-4. The maximum Gasteiger partial charge on any atom is 1.00 e. The van der Waals surface area contributed by atoms with Crippen molar-refractivity contribution in [3.8, 4) is 0 Å². The Morgan fingerprint density at radius 2 is 0.640 bits per heavy atom. The van der Waals surface area contributed by atoms with Crippen LogP contribution in [-0.2, 0) is 19.2 Å². The summed E-state index contributed by atoms with van der Waals surface area (Å²) in [6.07, 6.45) is 0.944. The largest absolute Gasteiger partial charge is 1.00 e. The van der Waals surface area contributed by atoms with E-state index in [9.17, 15) is 0 Å². The van der Waals surface area contributed by atoms with Crippen LogP contribution in [0.5, 0.6) is 0 Å². The van der Waals surface area contributed by atoms with Crippen molar-refractivity contribution in [1.29, 1.82) is 0 Å². The molecule has 0 aliphatic rings. The smallest absolute Gasteiger partial charge is 0.550 e. The monoisotopic (exact) mass is 402 g/mol. The third-order valence-corrected chi connectivity index (χ3v) is 0.408. The molecule has 0 heterocycles. The molecule has 0 spiro atoms. The van der Waals surface area contributed by atoms with Gasteiger partial charge in [-0.25, -0.2) is 0 Å². The minimum absolute atomic E-state index is 0. The zero-order valence-corrected chi connectivity index (χ0v) is 24.5. The van der Waals surface area contributed by atoms with Crippen molar-refractivity contribution in [2.24, 2.45) is 11.5 Å². The van der Waals surface area contributed by atoms with Gasteiger partial charge in [-0.2, -0.15) is 0 Å². The maximum absolute atomic E-state index is 8.89. The molecule has 0 aromatic carbocycles. The molecule has 14 heteroatoms. The van der Waals surface area contributed by atoms with Crippen LogP contribution in [0.3, 0.4) is 0 Å². The normalized spacial score (nSPS) is 5.68. The molecule has 4 N–H and O–H groups in total. The summed E-state index contributed by atoms with van der Waals surface area (Å²) in [6, 6.07) is 0. The van der Waals surface area contributed by atoms with Crippen LogP contribution >= 0.6 is 0 Å². The number of carbonyl (C=O) groups is 4. The number of hydrogen-bond acceptors (Lipinski definition) is 10. The molecule has 10 nitrogen and oxygen atoms in total. The van der Waals surface area contributed by atoms with Gasteiger partial charge in [0.1, 0.15) is 0 Å². The van der Waals surface area contributed by atoms with Gasteiger partial charge in [0, 0.05) is 23.9 Å². The van der Waals surface area contributed by atoms with Crippen LogP contribution in [0.15, 0.2) is 0 Å². The maximum atomic E-state index is 8.89. The topological polar surface area (TPSA) is 213 Å². The van der Waals surface area contributed by atoms with Gasteiger partial charge in [-0.1, -0.05) is 0 Å². The van der Waals surface area contributed by atoms with E-state index in [4.69, 9.17) is 51.1 Å². The van der Waals surface area contributed by atoms with E-state index in [2.05, 4.69) is 0 Å². The van der Waals surface area contributed by atoms with Gasteiger partial charge < -0.3 is 51.1 Å². The molecule has 0 rings (SSSR count). The molecule has 0 aliphatic carbocycles. The quantitative estimate of drug-likeness (QED) is 0.416. The van der Waals surface area contributed by atoms with E-state index in [0.717, 1.165) is 47.2 Å². The van der Waals surface area contributed by atoms with Crippen molar-refractivity contribution in [2.75, 3.05) is 13.1 Å². The van der Waals surface area contributed by atoms with Crippen LogP contribution in [0.4, 0.5) is 0 Å². The van der Waals surface area contributed by atoms with E-state index in [-0.39, 0.29) is 118 Å². The molecule has 25 heavy (non-hydrogen) atoms. The zero-order valence-electron chi connectivity index (χ0n) is 16.5. The van der Waals surface area contributed by atoms with Gasteiger partial charge in [0.05, 0.1) is 0 Å². The molecular weight excluding hydrogens is 380 g/mol. The van der Waals surface area contributed by atoms with Crippen molar-refractivity contribution in [2.45, 2.75) is 34.1 Å². The predicted molar refractivity (Wildman–Crippen MR) is 65.4 cm³/mol. The molecule has 0 saturated heterocycles. The summed E-state index contributed by atoms with van der Waals surface area (Å²) in [5.41, 5.74) is 10.1. The van der Waals surface area contributed by atoms with Crippen LogP contribution in [0, 0.1) is 0 Å². The number of carboxylic acid groups (broad SMARTS) is 4. The SMILES string of the molecule is CC(=O)[O-].CC(=O)[O-].CC(=O)[O-].CC(=O)[O-].NCCCN.[Na+].[Na+].[Na+].[Na+]. The Balaban J connectivity index is -0.0000000176. The Morgan fingerprint density at radius 1 is 0.560 bits per heavy atom. The van der Waals surface area contributed by atoms with Gasteiger partial charge in [0.2, 0.25) is 0 Å². The number of carbonyl (C=O) groups excluding carboxylic acids is 4. The molecule has 128 valence electrons. The molecule has 0 bridgehead atoms. The average Bonchev–Trinajstić information content (AvgIpc) is 2.14. The van der Waals surface area contributed by atoms with E-state index in [1.54, 1.807) is 0 Å². The van der Waals surface area contributed by atoms with E-state index in [1.807, 2.05) is 0 Å². The fourth-order valence-corrected chi connectivity index (χ4v) is 0.118. The van der Waals surface area contributed by atoms with Crippen molar-refractivity contribution < 1.29 is 158 Å². The molecule has 0 radical (unpaired) electrons. The van der Waals surface area contributed by atoms with Gasteiger partial charge in [-0.15, -0.1) is 0 Å². The van der Waals surface area contributed by atoms with E-state index in [0.29, 0.717) is 0 Å². The van der Waals surface area contributed by atoms with Gasteiger partial charge in [0.25, 0.3) is 0 Å². The van der Waals surface area contributed by atoms with Gasteiger partial charge >= 0.3 is 118 Å². The molecule has 0 amide bonds. The van der Waals surface area contributed by atoms with E-state index >= 15 is 0 Å². The summed E-state index contributed by atoms with van der Waals surface area (Å²) in [5.74, 6) is -4.33. The predicted octanol–water partition coefficient (Wildman–Crippen LogP) is -17.7. The van der Waals surface area contributed by atoms with Gasteiger partial charge in [0.15, 0.2) is 0 Å². The zero-order chi connectivity index (χ0) is 18.4. The third-order valence-electron chi connectivity index (χ3n) is 0.408. The van der Waals surface area contributed by atoms with Crippen molar-refractivity contribution in [3.63, 3.8) is 0 Å². The molecule has 0 aromatic rings. The summed E-state index contributed by atoms with van der Waals surface area (Å²) in [6.45, 7) is 5.33. The van der Waals surface area contributed by atoms with E-state index < -0.39 is 23.9 Å². The van der Waals surface area contributed by atoms with Crippen LogP contribution in [-0.4, -0.2) is 37.0 Å². The first-order valence-electron chi connectivity index (χ1n) is 5.45.